The highest BCUT2D eigenvalue weighted by molar-refractivity contribution is 5.24. The van der Waals surface area contributed by atoms with Gasteiger partial charge in [-0.2, -0.15) is 0 Å². The van der Waals surface area contributed by atoms with Crippen molar-refractivity contribution >= 4 is 5.95 Å². The molecule has 0 atom stereocenters. The topological polar surface area (TPSA) is 74.0 Å². The molecule has 74 valence electrons. The number of H-pyrrole nitrogens is 2. The molecule has 0 bridgehead atoms. The minimum atomic E-state index is -0.284. The number of hydrogen-bond donors (Lipinski definition) is 2. The first-order valence-electron chi connectivity index (χ1n) is 4.09. The molecule has 13 heavy (non-hydrogen) atoms. The van der Waals surface area contributed by atoms with E-state index in [1.54, 1.807) is 7.11 Å². The van der Waals surface area contributed by atoms with Crippen molar-refractivity contribution < 1.29 is 4.74 Å². The van der Waals surface area contributed by atoms with E-state index in [-0.39, 0.29) is 5.69 Å². The third kappa shape index (κ3) is 2.90. The molecule has 1 aromatic heterocycles. The number of aromatic amines is 2. The van der Waals surface area contributed by atoms with Crippen molar-refractivity contribution in [2.24, 2.45) is 0 Å². The van der Waals surface area contributed by atoms with Crippen LogP contribution < -0.4 is 10.6 Å². The van der Waals surface area contributed by atoms with Crippen LogP contribution >= 0.6 is 0 Å². The molecule has 1 heterocycles. The van der Waals surface area contributed by atoms with Crippen LogP contribution in [0.1, 0.15) is 6.42 Å². The summed E-state index contributed by atoms with van der Waals surface area (Å²) in [5, 5.41) is 6.09. The Bertz CT molecular complexity index is 293. The van der Waals surface area contributed by atoms with Crippen LogP contribution in [0.5, 0.6) is 0 Å². The SMILES string of the molecule is COCCCN(C)c1n[nH]c(=O)[nH]1. The van der Waals surface area contributed by atoms with Crippen molar-refractivity contribution in [1.29, 1.82) is 0 Å². The van der Waals surface area contributed by atoms with Crippen LogP contribution in [0, 0.1) is 0 Å². The molecule has 0 unspecified atom stereocenters. The van der Waals surface area contributed by atoms with E-state index in [1.165, 1.54) is 0 Å². The molecule has 0 radical (unpaired) electrons. The molecule has 0 aliphatic carbocycles. The lowest BCUT2D eigenvalue weighted by Gasteiger charge is -2.13. The largest absolute Gasteiger partial charge is 0.385 e. The second-order valence-electron chi connectivity index (χ2n) is 2.77. The Kier molecular flexibility index (Phi) is 3.51. The van der Waals surface area contributed by atoms with Gasteiger partial charge in [-0.15, -0.1) is 5.10 Å². The zero-order chi connectivity index (χ0) is 9.68. The van der Waals surface area contributed by atoms with Crippen molar-refractivity contribution in [2.45, 2.75) is 6.42 Å². The van der Waals surface area contributed by atoms with Crippen molar-refractivity contribution in [1.82, 2.24) is 15.2 Å². The zero-order valence-electron chi connectivity index (χ0n) is 7.83. The molecule has 0 saturated carbocycles. The number of methoxy groups -OCH3 is 1. The lowest BCUT2D eigenvalue weighted by molar-refractivity contribution is 0.196. The van der Waals surface area contributed by atoms with Gasteiger partial charge in [0.2, 0.25) is 5.95 Å². The average Bonchev–Trinajstić information content (AvgIpc) is 2.52. The van der Waals surface area contributed by atoms with Gasteiger partial charge in [-0.1, -0.05) is 0 Å². The van der Waals surface area contributed by atoms with E-state index in [2.05, 4.69) is 15.2 Å². The van der Waals surface area contributed by atoms with Gasteiger partial charge in [-0.3, -0.25) is 4.98 Å². The molecule has 0 fully saturated rings. The van der Waals surface area contributed by atoms with Crippen molar-refractivity contribution in [3.63, 3.8) is 0 Å². The Morgan fingerprint density at radius 2 is 2.38 bits per heavy atom. The molecule has 1 aromatic rings. The minimum absolute atomic E-state index is 0.284. The van der Waals surface area contributed by atoms with Crippen molar-refractivity contribution in [3.8, 4) is 0 Å². The van der Waals surface area contributed by atoms with Crippen LogP contribution in [-0.2, 0) is 4.74 Å². The van der Waals surface area contributed by atoms with Crippen LogP contribution in [0.4, 0.5) is 5.95 Å². The summed E-state index contributed by atoms with van der Waals surface area (Å²) in [6.07, 6.45) is 0.905. The molecule has 0 aliphatic heterocycles. The first kappa shape index (κ1) is 9.79. The van der Waals surface area contributed by atoms with Gasteiger partial charge >= 0.3 is 5.69 Å². The predicted molar refractivity (Wildman–Crippen MR) is 49.0 cm³/mol. The fourth-order valence-corrected chi connectivity index (χ4v) is 0.994. The summed E-state index contributed by atoms with van der Waals surface area (Å²) in [5.41, 5.74) is -0.284. The Balaban J connectivity index is 2.39. The number of anilines is 1. The Morgan fingerprint density at radius 1 is 1.62 bits per heavy atom. The van der Waals surface area contributed by atoms with Gasteiger partial charge in [0.15, 0.2) is 0 Å². The van der Waals surface area contributed by atoms with E-state index in [9.17, 15) is 4.79 Å². The highest BCUT2D eigenvalue weighted by atomic mass is 16.5. The maximum absolute atomic E-state index is 10.7. The monoisotopic (exact) mass is 186 g/mol. The first-order chi connectivity index (χ1) is 6.24. The summed E-state index contributed by atoms with van der Waals surface area (Å²) in [5.74, 6) is 0.557. The normalized spacial score (nSPS) is 10.3. The highest BCUT2D eigenvalue weighted by Gasteiger charge is 2.03. The molecule has 0 amide bonds. The molecule has 6 nitrogen and oxygen atoms in total. The van der Waals surface area contributed by atoms with E-state index < -0.39 is 0 Å². The third-order valence-electron chi connectivity index (χ3n) is 1.69. The maximum atomic E-state index is 10.7. The van der Waals surface area contributed by atoms with Gasteiger partial charge < -0.3 is 9.64 Å². The van der Waals surface area contributed by atoms with E-state index >= 15 is 0 Å². The molecular formula is C7H14N4O2. The third-order valence-corrected chi connectivity index (χ3v) is 1.69. The quantitative estimate of drug-likeness (QED) is 0.612. The van der Waals surface area contributed by atoms with E-state index in [0.717, 1.165) is 13.0 Å². The summed E-state index contributed by atoms with van der Waals surface area (Å²) in [4.78, 5) is 15.1. The first-order valence-corrected chi connectivity index (χ1v) is 4.09. The van der Waals surface area contributed by atoms with Gasteiger partial charge in [0.25, 0.3) is 0 Å². The van der Waals surface area contributed by atoms with E-state index in [1.807, 2.05) is 11.9 Å². The van der Waals surface area contributed by atoms with Crippen molar-refractivity contribution in [2.75, 3.05) is 32.2 Å². The van der Waals surface area contributed by atoms with Crippen LogP contribution in [0.2, 0.25) is 0 Å². The molecule has 6 heteroatoms. The molecule has 0 spiro atoms. The van der Waals surface area contributed by atoms with Crippen LogP contribution in [0.15, 0.2) is 4.79 Å². The molecule has 1 rings (SSSR count). The Labute approximate surface area is 75.9 Å². The zero-order valence-corrected chi connectivity index (χ0v) is 7.83. The highest BCUT2D eigenvalue weighted by Crippen LogP contribution is 1.99. The molecule has 0 aliphatic rings. The fourth-order valence-electron chi connectivity index (χ4n) is 0.994. The summed E-state index contributed by atoms with van der Waals surface area (Å²) in [6, 6.07) is 0. The maximum Gasteiger partial charge on any atom is 0.342 e. The van der Waals surface area contributed by atoms with Crippen LogP contribution in [0.3, 0.4) is 0 Å². The Morgan fingerprint density at radius 3 is 2.92 bits per heavy atom. The molecular weight excluding hydrogens is 172 g/mol. The van der Waals surface area contributed by atoms with E-state index in [4.69, 9.17) is 4.74 Å². The number of rotatable bonds is 5. The number of ether oxygens (including phenoxy) is 1. The standard InChI is InChI=1S/C7H14N4O2/c1-11(4-3-5-13-2)6-8-7(12)10-9-6/h3-5H2,1-2H3,(H2,8,9,10,12). The van der Waals surface area contributed by atoms with Gasteiger partial charge in [-0.05, 0) is 6.42 Å². The van der Waals surface area contributed by atoms with Gasteiger partial charge in [0, 0.05) is 27.3 Å². The predicted octanol–water partition coefficient (Wildman–Crippen LogP) is -0.429. The average molecular weight is 186 g/mol. The Hall–Kier alpha value is -1.30. The molecule has 2 N–H and O–H groups in total. The summed E-state index contributed by atoms with van der Waals surface area (Å²) in [6.45, 7) is 1.51. The number of nitrogens with one attached hydrogen (secondary N) is 2. The van der Waals surface area contributed by atoms with Gasteiger partial charge in [0.1, 0.15) is 0 Å². The molecule has 0 aromatic carbocycles. The van der Waals surface area contributed by atoms with Gasteiger partial charge in [-0.25, -0.2) is 9.89 Å². The number of hydrogen-bond acceptors (Lipinski definition) is 4. The second-order valence-corrected chi connectivity index (χ2v) is 2.77. The number of nitrogens with zero attached hydrogens (tertiary/aromatic N) is 2. The number of aromatic nitrogens is 3. The lowest BCUT2D eigenvalue weighted by Crippen LogP contribution is -2.21. The second kappa shape index (κ2) is 4.66. The van der Waals surface area contributed by atoms with E-state index in [0.29, 0.717) is 12.6 Å². The van der Waals surface area contributed by atoms with Crippen molar-refractivity contribution in [3.05, 3.63) is 10.5 Å². The molecule has 0 saturated heterocycles. The van der Waals surface area contributed by atoms with Gasteiger partial charge in [0.05, 0.1) is 0 Å². The summed E-state index contributed by atoms with van der Waals surface area (Å²) >= 11 is 0. The fraction of sp³-hybridized carbons (Fsp3) is 0.714. The van der Waals surface area contributed by atoms with Crippen LogP contribution in [-0.4, -0.2) is 42.5 Å². The summed E-state index contributed by atoms with van der Waals surface area (Å²) < 4.78 is 4.91. The smallest absolute Gasteiger partial charge is 0.342 e. The lowest BCUT2D eigenvalue weighted by atomic mass is 10.4. The minimum Gasteiger partial charge on any atom is -0.385 e. The summed E-state index contributed by atoms with van der Waals surface area (Å²) in [7, 11) is 3.53. The van der Waals surface area contributed by atoms with Crippen LogP contribution in [0.25, 0.3) is 0 Å².